The Morgan fingerprint density at radius 2 is 1.49 bits per heavy atom. The van der Waals surface area contributed by atoms with Crippen LogP contribution >= 0.6 is 0 Å². The van der Waals surface area contributed by atoms with E-state index in [0.717, 1.165) is 21.0 Å². The topological polar surface area (TPSA) is 389 Å². The van der Waals surface area contributed by atoms with Crippen LogP contribution in [0.5, 0.6) is 0 Å². The molecular weight excluding hydrogens is 770 g/mol. The Morgan fingerprint density at radius 1 is 0.925 bits per heavy atom. The van der Waals surface area contributed by atoms with Gasteiger partial charge in [0.05, 0.1) is 25.9 Å². The second-order valence-corrected chi connectivity index (χ2v) is 12.9. The molecule has 3 aliphatic heterocycles. The van der Waals surface area contributed by atoms with Crippen LogP contribution in [0.1, 0.15) is 20.3 Å². The van der Waals surface area contributed by atoms with Gasteiger partial charge >= 0.3 is 75.5 Å². The van der Waals surface area contributed by atoms with Gasteiger partial charge in [0, 0.05) is 13.5 Å². The number of aliphatic carboxylic acids is 1. The van der Waals surface area contributed by atoms with Crippen LogP contribution in [0, 0.1) is 0 Å². The van der Waals surface area contributed by atoms with E-state index in [1.165, 1.54) is 0 Å². The number of nitrogens with zero attached hydrogens (tertiary/aromatic N) is 2. The van der Waals surface area contributed by atoms with Crippen LogP contribution in [-0.2, 0) is 47.8 Å². The molecule has 0 saturated carbocycles. The van der Waals surface area contributed by atoms with Crippen molar-refractivity contribution in [2.24, 2.45) is 9.98 Å². The molecule has 0 bridgehead atoms. The molecule has 24 nitrogen and oxygen atoms in total. The minimum absolute atomic E-state index is 0. The largest absolute Gasteiger partial charge is 1.00 e. The molecule has 3 rings (SSSR count). The number of aliphatic hydroxyl groups is 8. The Morgan fingerprint density at radius 3 is 1.98 bits per heavy atom. The molecule has 3 aliphatic rings. The fourth-order valence-electron chi connectivity index (χ4n) is 5.77. The molecule has 16 atom stereocenters. The minimum atomic E-state index is -5.22. The second kappa shape index (κ2) is 21.5. The summed E-state index contributed by atoms with van der Waals surface area (Å²) in [4.78, 5) is 20.0. The normalized spacial score (nSPS) is 39.7. The van der Waals surface area contributed by atoms with E-state index in [0.29, 0.717) is 0 Å². The molecule has 3 saturated heterocycles. The number of methoxy groups -OCH3 is 1. The summed E-state index contributed by atoms with van der Waals surface area (Å²) in [5.41, 5.74) is 0. The Hall–Kier alpha value is -0.280. The summed E-state index contributed by atoms with van der Waals surface area (Å²) < 4.78 is 68.9. The van der Waals surface area contributed by atoms with E-state index in [1.54, 1.807) is 0 Å². The zero-order valence-corrected chi connectivity index (χ0v) is 34.0. The number of aliphatic imine (C=N–C) groups is 2. The van der Waals surface area contributed by atoms with Gasteiger partial charge < -0.3 is 84.6 Å². The molecule has 0 radical (unpaired) electrons. The van der Waals surface area contributed by atoms with Crippen LogP contribution in [-0.4, -0.2) is 201 Å². The molecule has 296 valence electrons. The molecular formula is C26H42N2Na2O22S. The van der Waals surface area contributed by atoms with E-state index < -0.39 is 152 Å². The maximum Gasteiger partial charge on any atom is 1.00 e. The van der Waals surface area contributed by atoms with Crippen molar-refractivity contribution >= 4 is 28.2 Å². The van der Waals surface area contributed by atoms with Gasteiger partial charge in [0.2, 0.25) is 0 Å². The van der Waals surface area contributed by atoms with Crippen molar-refractivity contribution in [3.63, 3.8) is 0 Å². The summed E-state index contributed by atoms with van der Waals surface area (Å²) in [6.45, 7) is -1.27. The molecule has 53 heavy (non-hydrogen) atoms. The summed E-state index contributed by atoms with van der Waals surface area (Å²) in [5, 5.41) is 118. The summed E-state index contributed by atoms with van der Waals surface area (Å²) in [5.74, 6) is -6.99. The Labute approximate surface area is 346 Å². The molecule has 0 unspecified atom stereocenters. The van der Waals surface area contributed by atoms with Crippen molar-refractivity contribution in [3.8, 4) is 0 Å². The number of aliphatic hydroxyl groups excluding tert-OH is 8. The van der Waals surface area contributed by atoms with Gasteiger partial charge in [-0.1, -0.05) is 0 Å². The van der Waals surface area contributed by atoms with Crippen LogP contribution in [0.3, 0.4) is 0 Å². The summed E-state index contributed by atoms with van der Waals surface area (Å²) in [7, 11) is -4.09. The monoisotopic (exact) mass is 812 g/mol. The first-order chi connectivity index (χ1) is 23.7. The van der Waals surface area contributed by atoms with Crippen molar-refractivity contribution in [1.82, 2.24) is 0 Å². The van der Waals surface area contributed by atoms with Gasteiger partial charge in [-0.3, -0.25) is 14.5 Å². The van der Waals surface area contributed by atoms with Gasteiger partial charge in [0.25, 0.3) is 5.79 Å². The SMILES string of the molecule is CO[C@@H]1O[C@H](CO)[C@@H](O[C@@H]2O[C@H](COS(=O)(=O)O)[C@H](O)[C@H](O[C@]3(C(=O)O)C[C@H](O)[C@@H](N=C(C)[O-])[C@H]([C@H](O)[C@H](O)CO)O3)[C@H]2O)[C@H](O)[C@H]1N=C(C)[O-].[Na+].[Na+]. The molecule has 0 amide bonds. The third-order valence-corrected chi connectivity index (χ3v) is 8.57. The summed E-state index contributed by atoms with van der Waals surface area (Å²) in [6, 6.07) is -3.24. The number of carboxylic acid groups (broad SMARTS) is 1. The van der Waals surface area contributed by atoms with Crippen molar-refractivity contribution in [3.05, 3.63) is 0 Å². The molecule has 0 aromatic heterocycles. The van der Waals surface area contributed by atoms with Crippen LogP contribution < -0.4 is 69.3 Å². The Balaban J connectivity index is 0.00000702. The van der Waals surface area contributed by atoms with Crippen molar-refractivity contribution in [2.75, 3.05) is 26.9 Å². The molecule has 3 fully saturated rings. The van der Waals surface area contributed by atoms with E-state index in [4.69, 9.17) is 33.0 Å². The number of rotatable bonds is 15. The maximum atomic E-state index is 12.7. The van der Waals surface area contributed by atoms with Crippen LogP contribution in [0.25, 0.3) is 0 Å². The maximum absolute atomic E-state index is 12.7. The average molecular weight is 813 g/mol. The van der Waals surface area contributed by atoms with Crippen LogP contribution in [0.15, 0.2) is 9.98 Å². The number of ether oxygens (including phenoxy) is 6. The zero-order valence-electron chi connectivity index (χ0n) is 29.2. The molecule has 0 aromatic rings. The number of hydrogen-bond acceptors (Lipinski definition) is 22. The van der Waals surface area contributed by atoms with Crippen molar-refractivity contribution in [2.45, 2.75) is 118 Å². The van der Waals surface area contributed by atoms with Gasteiger partial charge in [0.1, 0.15) is 73.1 Å². The zero-order chi connectivity index (χ0) is 38.6. The molecule has 27 heteroatoms. The summed E-state index contributed by atoms with van der Waals surface area (Å²) in [6.07, 6.45) is -27.2. The first-order valence-electron chi connectivity index (χ1n) is 15.1. The molecule has 0 spiro atoms. The number of carbonyl (C=O) groups is 1. The third kappa shape index (κ3) is 12.6. The van der Waals surface area contributed by atoms with E-state index in [2.05, 4.69) is 14.2 Å². The molecule has 0 aromatic carbocycles. The van der Waals surface area contributed by atoms with E-state index in [-0.39, 0.29) is 59.1 Å². The minimum Gasteiger partial charge on any atom is -0.862 e. The first-order valence-corrected chi connectivity index (χ1v) is 16.5. The van der Waals surface area contributed by atoms with E-state index >= 15 is 0 Å². The Bertz CT molecular complexity index is 1340. The van der Waals surface area contributed by atoms with Gasteiger partial charge in [0.15, 0.2) is 12.6 Å². The predicted molar refractivity (Wildman–Crippen MR) is 155 cm³/mol. The molecule has 3 heterocycles. The van der Waals surface area contributed by atoms with Crippen molar-refractivity contribution < 1.29 is 166 Å². The molecule has 10 N–H and O–H groups in total. The number of carboxylic acids is 1. The number of hydrogen-bond donors (Lipinski definition) is 10. The van der Waals surface area contributed by atoms with Crippen LogP contribution in [0.2, 0.25) is 0 Å². The Kier molecular flexibility index (Phi) is 20.6. The standard InChI is InChI=1S/C26H44N2O22S.2Na/c1-8(31)27-14-10(33)4-26(25(39)40,49-21(14)16(35)11(34)5-29)50-22-17(36)13(7-45-51(41,42)43)47-24(19(22)38)48-20-12(6-30)46-23(44-3)15(18(20)37)28-9(2)32;;/h10-24,29-30,33-38H,4-7H2,1-3H3,(H,27,31)(H,28,32)(H,39,40)(H,41,42,43);;/q;2*+1/p-2/t10-,11+,12+,13+,14+,15+,16+,17-,18+,19+,20+,21+,22-,23+,24-,26-;;/m0../s1. The predicted octanol–water partition coefficient (Wildman–Crippen LogP) is -14.3. The van der Waals surface area contributed by atoms with Crippen molar-refractivity contribution in [1.29, 1.82) is 0 Å². The smallest absolute Gasteiger partial charge is 0.862 e. The van der Waals surface area contributed by atoms with Gasteiger partial charge in [-0.25, -0.2) is 8.98 Å². The fraction of sp³-hybridized carbons (Fsp3) is 0.885. The van der Waals surface area contributed by atoms with Gasteiger partial charge in [-0.15, -0.1) is 0 Å². The van der Waals surface area contributed by atoms with E-state index in [9.17, 15) is 69.4 Å². The summed E-state index contributed by atoms with van der Waals surface area (Å²) >= 11 is 0. The van der Waals surface area contributed by atoms with Gasteiger partial charge in [-0.05, 0) is 25.6 Å². The van der Waals surface area contributed by atoms with Crippen LogP contribution in [0.4, 0.5) is 0 Å². The first kappa shape index (κ1) is 50.7. The molecule has 0 aliphatic carbocycles. The average Bonchev–Trinajstić information content (AvgIpc) is 3.04. The quantitative estimate of drug-likeness (QED) is 0.0317. The second-order valence-electron chi connectivity index (χ2n) is 11.8. The van der Waals surface area contributed by atoms with Gasteiger partial charge in [-0.2, -0.15) is 8.42 Å². The third-order valence-electron chi connectivity index (χ3n) is 8.13. The van der Waals surface area contributed by atoms with E-state index in [1.807, 2.05) is 0 Å². The fourth-order valence-corrected chi connectivity index (χ4v) is 6.07.